The minimum Gasteiger partial charge on any atom is -0.480 e. The number of hydrogen-bond acceptors (Lipinski definition) is 3. The maximum atomic E-state index is 11.3. The van der Waals surface area contributed by atoms with E-state index in [-0.39, 0.29) is 0 Å². The van der Waals surface area contributed by atoms with Crippen LogP contribution in [-0.2, 0) is 4.79 Å². The molecule has 0 fully saturated rings. The van der Waals surface area contributed by atoms with Crippen molar-refractivity contribution < 1.29 is 9.90 Å². The first kappa shape index (κ1) is 12.5. The van der Waals surface area contributed by atoms with Gasteiger partial charge in [-0.3, -0.25) is 4.79 Å². The fourth-order valence-corrected chi connectivity index (χ4v) is 2.64. The van der Waals surface area contributed by atoms with Crippen LogP contribution in [0.4, 0.5) is 5.69 Å². The van der Waals surface area contributed by atoms with Gasteiger partial charge in [-0.15, -0.1) is 11.8 Å². The summed E-state index contributed by atoms with van der Waals surface area (Å²) in [6, 6.07) is 16.4. The van der Waals surface area contributed by atoms with Gasteiger partial charge in [0.1, 0.15) is 5.25 Å². The number of rotatable bonds is 4. The van der Waals surface area contributed by atoms with E-state index < -0.39 is 11.2 Å². The number of carboxylic acids is 1. The fraction of sp³-hybridized carbons (Fsp3) is 0.0714. The number of hydrogen-bond donors (Lipinski definition) is 2. The third-order valence-electron chi connectivity index (χ3n) is 2.44. The fourth-order valence-electron chi connectivity index (χ4n) is 1.61. The van der Waals surface area contributed by atoms with Crippen molar-refractivity contribution in [1.82, 2.24) is 0 Å². The summed E-state index contributed by atoms with van der Waals surface area (Å²) < 4.78 is 0. The summed E-state index contributed by atoms with van der Waals surface area (Å²) >= 11 is 1.28. The lowest BCUT2D eigenvalue weighted by Crippen LogP contribution is -2.07. The van der Waals surface area contributed by atoms with Crippen LogP contribution in [0, 0.1) is 0 Å². The van der Waals surface area contributed by atoms with Gasteiger partial charge in [0.2, 0.25) is 0 Å². The van der Waals surface area contributed by atoms with Gasteiger partial charge >= 0.3 is 5.97 Å². The molecular formula is C14H13NO2S. The average molecular weight is 259 g/mol. The van der Waals surface area contributed by atoms with E-state index >= 15 is 0 Å². The van der Waals surface area contributed by atoms with Crippen LogP contribution >= 0.6 is 11.8 Å². The summed E-state index contributed by atoms with van der Waals surface area (Å²) in [4.78, 5) is 12.2. The van der Waals surface area contributed by atoms with Crippen molar-refractivity contribution in [3.8, 4) is 0 Å². The molecule has 4 heteroatoms. The molecule has 0 aliphatic carbocycles. The highest BCUT2D eigenvalue weighted by atomic mass is 32.2. The van der Waals surface area contributed by atoms with Crippen LogP contribution in [0.3, 0.4) is 0 Å². The Labute approximate surface area is 110 Å². The molecule has 0 aromatic heterocycles. The third-order valence-corrected chi connectivity index (χ3v) is 3.67. The molecule has 1 atom stereocenters. The Morgan fingerprint density at radius 2 is 1.83 bits per heavy atom. The Bertz CT molecular complexity index is 543. The Hall–Kier alpha value is -1.94. The van der Waals surface area contributed by atoms with Crippen molar-refractivity contribution in [2.45, 2.75) is 10.1 Å². The van der Waals surface area contributed by atoms with Crippen LogP contribution in [0.1, 0.15) is 10.8 Å². The zero-order valence-electron chi connectivity index (χ0n) is 9.61. The first-order chi connectivity index (χ1) is 8.66. The Morgan fingerprint density at radius 3 is 2.44 bits per heavy atom. The van der Waals surface area contributed by atoms with Gasteiger partial charge in [0.15, 0.2) is 0 Å². The van der Waals surface area contributed by atoms with Crippen molar-refractivity contribution in [1.29, 1.82) is 0 Å². The lowest BCUT2D eigenvalue weighted by atomic mass is 10.1. The number of thioether (sulfide) groups is 1. The SMILES string of the molecule is Nc1cccc(SC(C(=O)O)c2ccccc2)c1. The number of benzene rings is 2. The highest BCUT2D eigenvalue weighted by Gasteiger charge is 2.20. The molecule has 18 heavy (non-hydrogen) atoms. The second-order valence-electron chi connectivity index (χ2n) is 3.82. The third kappa shape index (κ3) is 3.05. The van der Waals surface area contributed by atoms with Gasteiger partial charge in [-0.1, -0.05) is 36.4 Å². The average Bonchev–Trinajstić information content (AvgIpc) is 2.37. The maximum absolute atomic E-state index is 11.3. The Morgan fingerprint density at radius 1 is 1.11 bits per heavy atom. The molecule has 0 amide bonds. The van der Waals surface area contributed by atoms with E-state index in [1.807, 2.05) is 42.5 Å². The predicted octanol–water partition coefficient (Wildman–Crippen LogP) is 3.19. The second kappa shape index (κ2) is 5.60. The number of carboxylic acid groups (broad SMARTS) is 1. The maximum Gasteiger partial charge on any atom is 0.321 e. The molecule has 0 bridgehead atoms. The van der Waals surface area contributed by atoms with Gasteiger partial charge in [0.05, 0.1) is 0 Å². The van der Waals surface area contributed by atoms with Crippen molar-refractivity contribution >= 4 is 23.4 Å². The van der Waals surface area contributed by atoms with Crippen LogP contribution in [-0.4, -0.2) is 11.1 Å². The molecule has 0 spiro atoms. The molecule has 0 saturated carbocycles. The molecule has 1 unspecified atom stereocenters. The number of nitrogens with two attached hydrogens (primary N) is 1. The highest BCUT2D eigenvalue weighted by molar-refractivity contribution is 8.00. The van der Waals surface area contributed by atoms with Gasteiger partial charge in [-0.05, 0) is 23.8 Å². The van der Waals surface area contributed by atoms with Crippen LogP contribution in [0.2, 0.25) is 0 Å². The molecule has 0 heterocycles. The molecular weight excluding hydrogens is 246 g/mol. The minimum absolute atomic E-state index is 0.618. The molecule has 0 radical (unpaired) electrons. The number of anilines is 1. The van der Waals surface area contributed by atoms with Gasteiger partial charge in [-0.2, -0.15) is 0 Å². The molecule has 2 aromatic carbocycles. The summed E-state index contributed by atoms with van der Waals surface area (Å²) in [5.74, 6) is -0.853. The summed E-state index contributed by atoms with van der Waals surface area (Å²) in [6.07, 6.45) is 0. The van der Waals surface area contributed by atoms with Crippen LogP contribution in [0.25, 0.3) is 0 Å². The first-order valence-electron chi connectivity index (χ1n) is 5.47. The lowest BCUT2D eigenvalue weighted by molar-refractivity contribution is -0.136. The molecule has 2 rings (SSSR count). The molecule has 3 N–H and O–H groups in total. The zero-order chi connectivity index (χ0) is 13.0. The van der Waals surface area contributed by atoms with E-state index in [2.05, 4.69) is 0 Å². The van der Waals surface area contributed by atoms with E-state index in [1.54, 1.807) is 12.1 Å². The smallest absolute Gasteiger partial charge is 0.321 e. The van der Waals surface area contributed by atoms with E-state index in [9.17, 15) is 9.90 Å². The number of aliphatic carboxylic acids is 1. The van der Waals surface area contributed by atoms with Gasteiger partial charge in [-0.25, -0.2) is 0 Å². The largest absolute Gasteiger partial charge is 0.480 e. The van der Waals surface area contributed by atoms with Crippen LogP contribution < -0.4 is 5.73 Å². The quantitative estimate of drug-likeness (QED) is 0.654. The molecule has 0 aliphatic rings. The summed E-state index contributed by atoms with van der Waals surface area (Å²) in [6.45, 7) is 0. The topological polar surface area (TPSA) is 63.3 Å². The van der Waals surface area contributed by atoms with Crippen molar-refractivity contribution in [2.75, 3.05) is 5.73 Å². The van der Waals surface area contributed by atoms with Gasteiger partial charge < -0.3 is 10.8 Å². The van der Waals surface area contributed by atoms with E-state index in [0.29, 0.717) is 5.69 Å². The Balaban J connectivity index is 2.25. The van der Waals surface area contributed by atoms with Crippen LogP contribution in [0.15, 0.2) is 59.5 Å². The molecule has 3 nitrogen and oxygen atoms in total. The van der Waals surface area contributed by atoms with Gasteiger partial charge in [0.25, 0.3) is 0 Å². The van der Waals surface area contributed by atoms with Gasteiger partial charge in [0, 0.05) is 10.6 Å². The van der Waals surface area contributed by atoms with E-state index in [0.717, 1.165) is 10.5 Å². The predicted molar refractivity (Wildman–Crippen MR) is 73.5 cm³/mol. The molecule has 0 aliphatic heterocycles. The van der Waals surface area contributed by atoms with Crippen molar-refractivity contribution in [2.24, 2.45) is 0 Å². The molecule has 2 aromatic rings. The lowest BCUT2D eigenvalue weighted by Gasteiger charge is -2.12. The van der Waals surface area contributed by atoms with Crippen molar-refractivity contribution in [3.05, 3.63) is 60.2 Å². The van der Waals surface area contributed by atoms with Crippen LogP contribution in [0.5, 0.6) is 0 Å². The minimum atomic E-state index is -0.853. The standard InChI is InChI=1S/C14H13NO2S/c15-11-7-4-8-12(9-11)18-13(14(16)17)10-5-2-1-3-6-10/h1-9,13H,15H2,(H,16,17). The normalized spacial score (nSPS) is 12.0. The summed E-state index contributed by atoms with van der Waals surface area (Å²) in [7, 11) is 0. The second-order valence-corrected chi connectivity index (χ2v) is 5.00. The first-order valence-corrected chi connectivity index (χ1v) is 6.35. The molecule has 0 saturated heterocycles. The summed E-state index contributed by atoms with van der Waals surface area (Å²) in [5, 5.41) is 8.69. The van der Waals surface area contributed by atoms with E-state index in [1.165, 1.54) is 11.8 Å². The monoisotopic (exact) mass is 259 g/mol. The Kier molecular flexibility index (Phi) is 3.89. The van der Waals surface area contributed by atoms with E-state index in [4.69, 9.17) is 5.73 Å². The number of nitrogen functional groups attached to an aromatic ring is 1. The zero-order valence-corrected chi connectivity index (χ0v) is 10.4. The number of carbonyl (C=O) groups is 1. The summed E-state index contributed by atoms with van der Waals surface area (Å²) in [5.41, 5.74) is 7.10. The molecule has 92 valence electrons. The van der Waals surface area contributed by atoms with Crippen molar-refractivity contribution in [3.63, 3.8) is 0 Å². The highest BCUT2D eigenvalue weighted by Crippen LogP contribution is 2.35.